The normalized spacial score (nSPS) is 33.7. The van der Waals surface area contributed by atoms with Crippen molar-refractivity contribution in [2.24, 2.45) is 17.3 Å². The Labute approximate surface area is 270 Å². The molecule has 45 heavy (non-hydrogen) atoms. The summed E-state index contributed by atoms with van der Waals surface area (Å²) in [5.41, 5.74) is -3.22. The van der Waals surface area contributed by atoms with Crippen molar-refractivity contribution in [3.05, 3.63) is 110 Å². The lowest BCUT2D eigenvalue weighted by molar-refractivity contribution is -0.565. The predicted molar refractivity (Wildman–Crippen MR) is 171 cm³/mol. The molecule has 3 saturated carbocycles. The molecular formula is C36H35BrN2O6. The van der Waals surface area contributed by atoms with Crippen LogP contribution in [0.1, 0.15) is 68.1 Å². The number of hydrogen-bond acceptors (Lipinski definition) is 6. The van der Waals surface area contributed by atoms with Crippen LogP contribution in [0.2, 0.25) is 0 Å². The minimum absolute atomic E-state index is 0.0000685. The van der Waals surface area contributed by atoms with Crippen molar-refractivity contribution in [2.75, 3.05) is 4.90 Å². The van der Waals surface area contributed by atoms with Crippen LogP contribution in [0.25, 0.3) is 0 Å². The third-order valence-corrected chi connectivity index (χ3v) is 11.8. The number of carbonyl (C=O) groups is 3. The number of benzene rings is 3. The largest absolute Gasteiger partial charge is 0.382 e. The van der Waals surface area contributed by atoms with Gasteiger partial charge >= 0.3 is 0 Å². The van der Waals surface area contributed by atoms with E-state index in [9.17, 15) is 24.8 Å². The van der Waals surface area contributed by atoms with E-state index in [1.165, 1.54) is 0 Å². The molecule has 0 aromatic heterocycles. The summed E-state index contributed by atoms with van der Waals surface area (Å²) < 4.78 is 0.749. The zero-order chi connectivity index (χ0) is 31.7. The smallest absolute Gasteiger partial charge is 0.250 e. The fourth-order valence-electron chi connectivity index (χ4n) is 9.99. The maximum atomic E-state index is 15.5. The third-order valence-electron chi connectivity index (χ3n) is 11.3. The molecule has 3 fully saturated rings. The van der Waals surface area contributed by atoms with Crippen LogP contribution in [-0.4, -0.2) is 39.1 Å². The molecule has 3 aromatic rings. The van der Waals surface area contributed by atoms with Gasteiger partial charge in [0.25, 0.3) is 0 Å². The van der Waals surface area contributed by atoms with E-state index < -0.39 is 51.1 Å². The molecule has 3 aliphatic carbocycles. The Morgan fingerprint density at radius 3 is 2.38 bits per heavy atom. The van der Waals surface area contributed by atoms with Gasteiger partial charge in [0.15, 0.2) is 0 Å². The monoisotopic (exact) mass is 670 g/mol. The predicted octanol–water partition coefficient (Wildman–Crippen LogP) is 6.15. The first-order valence-corrected chi connectivity index (χ1v) is 16.6. The highest BCUT2D eigenvalue weighted by Crippen LogP contribution is 2.74. The van der Waals surface area contributed by atoms with E-state index in [0.29, 0.717) is 29.7 Å². The molecule has 1 N–H and O–H groups in total. The van der Waals surface area contributed by atoms with Gasteiger partial charge in [0.2, 0.25) is 11.9 Å². The molecule has 0 radical (unpaired) electrons. The first kappa shape index (κ1) is 30.0. The van der Waals surface area contributed by atoms with Crippen molar-refractivity contribution in [1.29, 1.82) is 0 Å². The highest BCUT2D eigenvalue weighted by molar-refractivity contribution is 9.10. The van der Waals surface area contributed by atoms with Gasteiger partial charge < -0.3 is 10.0 Å². The number of ketones is 2. The van der Waals surface area contributed by atoms with E-state index in [0.717, 1.165) is 10.0 Å². The lowest BCUT2D eigenvalue weighted by atomic mass is 9.38. The second-order valence-electron chi connectivity index (χ2n) is 13.2. The van der Waals surface area contributed by atoms with Crippen LogP contribution in [0.3, 0.4) is 0 Å². The van der Waals surface area contributed by atoms with Gasteiger partial charge in [0, 0.05) is 27.9 Å². The number of Topliss-reactive ketones (excluding diaryl/α,β-unsaturated/α-hetero) is 2. The highest BCUT2D eigenvalue weighted by atomic mass is 79.9. The number of para-hydroxylation sites is 1. The summed E-state index contributed by atoms with van der Waals surface area (Å²) in [7, 11) is 0. The highest BCUT2D eigenvalue weighted by Gasteiger charge is 2.86. The van der Waals surface area contributed by atoms with E-state index >= 15 is 4.79 Å². The molecule has 232 valence electrons. The number of carbonyl (C=O) groups excluding carboxylic acids is 3. The summed E-state index contributed by atoms with van der Waals surface area (Å²) in [6.45, 7) is 2.14. The number of halogens is 1. The van der Waals surface area contributed by atoms with Gasteiger partial charge in [-0.05, 0) is 60.1 Å². The Hall–Kier alpha value is -3.69. The van der Waals surface area contributed by atoms with E-state index in [2.05, 4.69) is 15.9 Å². The number of fused-ring (bicyclic) bond motifs is 3. The van der Waals surface area contributed by atoms with Gasteiger partial charge in [-0.1, -0.05) is 89.9 Å². The molecule has 1 aliphatic heterocycles. The third kappa shape index (κ3) is 3.83. The molecule has 9 heteroatoms. The number of anilines is 1. The standard InChI is InChI=1S/C36H35BrN2O6/c1-2-9-24-20-28(40)31-35(26-12-6-7-13-27(26)38(33(35)42)21-22-10-4-3-5-11-22)30(23-15-17-25(37)18-16-23)32(39(44)45)34(43)19-8-14-29(41)36(24,31)34/h3-7,10-13,15-18,24,30-32,43H,2,8-9,14,19-21H2,1H3/t24-,30-,31+,32-,34-,35-,36-/m1/s1. The lowest BCUT2D eigenvalue weighted by Gasteiger charge is -2.62. The number of amides is 1. The van der Waals surface area contributed by atoms with Crippen LogP contribution in [0.5, 0.6) is 0 Å². The molecule has 7 atom stereocenters. The van der Waals surface area contributed by atoms with E-state index in [-0.39, 0.29) is 43.8 Å². The summed E-state index contributed by atoms with van der Waals surface area (Å²) in [6, 6.07) is 22.0. The van der Waals surface area contributed by atoms with Crippen molar-refractivity contribution in [1.82, 2.24) is 0 Å². The summed E-state index contributed by atoms with van der Waals surface area (Å²) in [5.74, 6) is -4.09. The number of nitrogens with zero attached hydrogens (tertiary/aromatic N) is 2. The van der Waals surface area contributed by atoms with Gasteiger partial charge in [0.1, 0.15) is 22.6 Å². The SMILES string of the molecule is CCC[C@@H]1CC(=O)[C@H]2[C@]3(C(=O)N(Cc4ccccc4)c4ccccc43)[C@H](c3ccc(Br)cc3)[C@@H]([N+](=O)[O-])[C@]3(O)CCCC(=O)[C@]123. The van der Waals surface area contributed by atoms with Gasteiger partial charge in [-0.15, -0.1) is 0 Å². The first-order chi connectivity index (χ1) is 21.6. The maximum Gasteiger partial charge on any atom is 0.250 e. The first-order valence-electron chi connectivity index (χ1n) is 15.8. The Bertz CT molecular complexity index is 1710. The molecule has 0 bridgehead atoms. The van der Waals surface area contributed by atoms with Crippen LogP contribution < -0.4 is 4.90 Å². The molecule has 4 aliphatic rings. The van der Waals surface area contributed by atoms with E-state index in [4.69, 9.17) is 0 Å². The molecule has 3 aromatic carbocycles. The van der Waals surface area contributed by atoms with Crippen molar-refractivity contribution in [3.8, 4) is 0 Å². The van der Waals surface area contributed by atoms with Gasteiger partial charge in [-0.25, -0.2) is 0 Å². The molecular weight excluding hydrogens is 636 g/mol. The zero-order valence-corrected chi connectivity index (χ0v) is 26.6. The molecule has 0 unspecified atom stereocenters. The minimum atomic E-state index is -2.12. The van der Waals surface area contributed by atoms with Crippen LogP contribution in [0.15, 0.2) is 83.3 Å². The molecule has 7 rings (SSSR count). The zero-order valence-electron chi connectivity index (χ0n) is 25.0. The summed E-state index contributed by atoms with van der Waals surface area (Å²) in [5, 5.41) is 26.5. The molecule has 0 saturated heterocycles. The number of hydrogen-bond donors (Lipinski definition) is 1. The van der Waals surface area contributed by atoms with Crippen LogP contribution >= 0.6 is 15.9 Å². The van der Waals surface area contributed by atoms with Crippen LogP contribution in [-0.2, 0) is 26.3 Å². The Morgan fingerprint density at radius 1 is 1.00 bits per heavy atom. The van der Waals surface area contributed by atoms with Crippen LogP contribution in [0.4, 0.5) is 5.69 Å². The van der Waals surface area contributed by atoms with E-state index in [1.807, 2.05) is 49.4 Å². The average molecular weight is 672 g/mol. The van der Waals surface area contributed by atoms with E-state index in [1.54, 1.807) is 41.3 Å². The maximum absolute atomic E-state index is 15.5. The molecule has 8 nitrogen and oxygen atoms in total. The number of rotatable bonds is 6. The molecule has 1 amide bonds. The summed E-state index contributed by atoms with van der Waals surface area (Å²) in [4.78, 5) is 59.6. The Morgan fingerprint density at radius 2 is 1.69 bits per heavy atom. The van der Waals surface area contributed by atoms with Gasteiger partial charge in [-0.3, -0.25) is 24.5 Å². The Kier molecular flexibility index (Phi) is 7.13. The second kappa shape index (κ2) is 10.7. The van der Waals surface area contributed by atoms with Crippen molar-refractivity contribution >= 4 is 39.1 Å². The average Bonchev–Trinajstić information content (AvgIpc) is 3.45. The Balaban J connectivity index is 1.60. The lowest BCUT2D eigenvalue weighted by Crippen LogP contribution is -2.78. The number of nitro groups is 1. The van der Waals surface area contributed by atoms with Gasteiger partial charge in [0.05, 0.1) is 23.8 Å². The fraction of sp³-hybridized carbons (Fsp3) is 0.417. The molecule has 1 heterocycles. The van der Waals surface area contributed by atoms with Crippen molar-refractivity contribution in [2.45, 2.75) is 75.0 Å². The summed E-state index contributed by atoms with van der Waals surface area (Å²) in [6.07, 6.45) is 1.49. The van der Waals surface area contributed by atoms with Gasteiger partial charge in [-0.2, -0.15) is 0 Å². The minimum Gasteiger partial charge on any atom is -0.382 e. The number of aliphatic hydroxyl groups is 1. The topological polar surface area (TPSA) is 118 Å². The van der Waals surface area contributed by atoms with Crippen molar-refractivity contribution in [3.63, 3.8) is 0 Å². The van der Waals surface area contributed by atoms with Crippen LogP contribution in [0, 0.1) is 27.4 Å². The second-order valence-corrected chi connectivity index (χ2v) is 14.1. The quantitative estimate of drug-likeness (QED) is 0.248. The molecule has 2 spiro atoms. The fourth-order valence-corrected chi connectivity index (χ4v) is 10.3. The summed E-state index contributed by atoms with van der Waals surface area (Å²) >= 11 is 3.47. The van der Waals surface area contributed by atoms with Crippen molar-refractivity contribution < 1.29 is 24.4 Å².